The highest BCUT2D eigenvalue weighted by atomic mass is 32.1. The molecule has 0 bridgehead atoms. The van der Waals surface area contributed by atoms with Crippen molar-refractivity contribution in [1.29, 1.82) is 0 Å². The number of fused-ring (bicyclic) bond motifs is 4. The zero-order valence-corrected chi connectivity index (χ0v) is 36.9. The molecule has 2 aliphatic rings. The van der Waals surface area contributed by atoms with E-state index >= 15 is 0 Å². The van der Waals surface area contributed by atoms with Crippen molar-refractivity contribution in [2.45, 2.75) is 72.4 Å². The van der Waals surface area contributed by atoms with Gasteiger partial charge in [-0.2, -0.15) is 0 Å². The van der Waals surface area contributed by atoms with Gasteiger partial charge in [-0.1, -0.05) is 173 Å². The average Bonchev–Trinajstić information content (AvgIpc) is 3.85. The second-order valence-corrected chi connectivity index (χ2v) is 17.8. The number of benzene rings is 6. The number of hydrogen-bond acceptors (Lipinski definition) is 3. The first kappa shape index (κ1) is 40.4. The molecule has 3 heteroatoms. The van der Waals surface area contributed by atoms with Crippen LogP contribution in [0.2, 0.25) is 0 Å². The SMILES string of the molecule is C/C=C\c1sc2cc(-c3ccccc3)cc(C3=CC(C(C)C(CC)C(=NC(CCC)c4ccc(-c5ccccc5)cc4)c4ccccc4)=C4c5ccccc5OC4C3)c2c1C. The van der Waals surface area contributed by atoms with Crippen LogP contribution in [0.3, 0.4) is 0 Å². The highest BCUT2D eigenvalue weighted by Crippen LogP contribution is 2.51. The Morgan fingerprint density at radius 1 is 0.754 bits per heavy atom. The molecular weight excluding hydrogens is 759 g/mol. The van der Waals surface area contributed by atoms with E-state index in [2.05, 4.69) is 205 Å². The lowest BCUT2D eigenvalue weighted by atomic mass is 9.73. The highest BCUT2D eigenvalue weighted by Gasteiger charge is 2.38. The summed E-state index contributed by atoms with van der Waals surface area (Å²) in [6.45, 7) is 11.5. The van der Waals surface area contributed by atoms with Crippen LogP contribution in [0.4, 0.5) is 0 Å². The third kappa shape index (κ3) is 8.00. The molecule has 0 saturated heterocycles. The van der Waals surface area contributed by atoms with Gasteiger partial charge in [-0.25, -0.2) is 0 Å². The molecule has 61 heavy (non-hydrogen) atoms. The molecule has 2 nitrogen and oxygen atoms in total. The molecule has 0 spiro atoms. The number of thiophene rings is 1. The van der Waals surface area contributed by atoms with Crippen LogP contribution in [-0.4, -0.2) is 11.8 Å². The molecule has 7 aromatic rings. The first-order chi connectivity index (χ1) is 29.9. The fraction of sp³-hybridized carbons (Fsp3) is 0.224. The molecule has 0 amide bonds. The average molecular weight is 814 g/mol. The molecule has 0 saturated carbocycles. The molecule has 1 aliphatic heterocycles. The molecule has 1 aromatic heterocycles. The second kappa shape index (κ2) is 17.9. The summed E-state index contributed by atoms with van der Waals surface area (Å²) in [5, 5.41) is 1.36. The Kier molecular flexibility index (Phi) is 11.9. The van der Waals surface area contributed by atoms with Crippen LogP contribution < -0.4 is 4.74 Å². The standard InChI is InChI=1S/C58H55NOS/c1-6-20-51(43-32-30-42(31-33-43)40-22-12-9-13-23-40)59-58(44-26-16-11-17-27-44)47(8-3)38(4)49-35-46(36-53-57(49)48-28-18-19-29-52(48)60-53)50-34-45(41-24-14-10-15-25-41)37-55-56(50)39(5)54(61-55)21-7-2/h7,9-19,21-35,37-38,47,51,53H,6,8,20,36H2,1-5H3/b21-7-,59-58?. The summed E-state index contributed by atoms with van der Waals surface area (Å²) in [5.74, 6) is 1.31. The van der Waals surface area contributed by atoms with Gasteiger partial charge < -0.3 is 4.74 Å². The number of aliphatic imine (C=N–C) groups is 1. The molecule has 304 valence electrons. The summed E-state index contributed by atoms with van der Waals surface area (Å²) < 4.78 is 8.29. The quantitative estimate of drug-likeness (QED) is 0.106. The topological polar surface area (TPSA) is 21.6 Å². The zero-order chi connectivity index (χ0) is 41.9. The molecule has 0 fully saturated rings. The Morgan fingerprint density at radius 2 is 1.39 bits per heavy atom. The number of aryl methyl sites for hydroxylation is 1. The lowest BCUT2D eigenvalue weighted by molar-refractivity contribution is 0.279. The summed E-state index contributed by atoms with van der Waals surface area (Å²) in [5.41, 5.74) is 16.6. The summed E-state index contributed by atoms with van der Waals surface area (Å²) in [7, 11) is 0. The third-order valence-corrected chi connectivity index (χ3v) is 14.1. The van der Waals surface area contributed by atoms with Crippen molar-refractivity contribution in [3.05, 3.63) is 202 Å². The van der Waals surface area contributed by atoms with Crippen molar-refractivity contribution in [2.24, 2.45) is 16.8 Å². The Hall–Kier alpha value is -6.03. The lowest BCUT2D eigenvalue weighted by Gasteiger charge is -2.32. The number of para-hydroxylation sites is 1. The molecule has 2 heterocycles. The molecule has 4 atom stereocenters. The Bertz CT molecular complexity index is 2770. The second-order valence-electron chi connectivity index (χ2n) is 16.7. The molecule has 6 aromatic carbocycles. The van der Waals surface area contributed by atoms with E-state index < -0.39 is 0 Å². The van der Waals surface area contributed by atoms with E-state index in [1.54, 1.807) is 0 Å². The predicted molar refractivity (Wildman–Crippen MR) is 263 cm³/mol. The zero-order valence-electron chi connectivity index (χ0n) is 36.1. The Labute approximate surface area is 366 Å². The van der Waals surface area contributed by atoms with Crippen molar-refractivity contribution in [1.82, 2.24) is 0 Å². The maximum atomic E-state index is 6.96. The summed E-state index contributed by atoms with van der Waals surface area (Å²) >= 11 is 1.90. The van der Waals surface area contributed by atoms with Gasteiger partial charge in [-0.3, -0.25) is 4.99 Å². The highest BCUT2D eigenvalue weighted by molar-refractivity contribution is 7.20. The number of nitrogens with zero attached hydrogens (tertiary/aromatic N) is 1. The van der Waals surface area contributed by atoms with Gasteiger partial charge in [0.25, 0.3) is 0 Å². The molecule has 4 unspecified atom stereocenters. The van der Waals surface area contributed by atoms with E-state index in [-0.39, 0.29) is 24.0 Å². The lowest BCUT2D eigenvalue weighted by Crippen LogP contribution is -2.28. The third-order valence-electron chi connectivity index (χ3n) is 12.9. The normalized spacial score (nSPS) is 16.6. The minimum atomic E-state index is -0.0650. The van der Waals surface area contributed by atoms with Gasteiger partial charge in [0, 0.05) is 44.2 Å². The number of ether oxygens (including phenoxy) is 1. The van der Waals surface area contributed by atoms with Crippen LogP contribution in [0.25, 0.3) is 49.6 Å². The van der Waals surface area contributed by atoms with E-state index in [1.165, 1.54) is 87.5 Å². The monoisotopic (exact) mass is 813 g/mol. The fourth-order valence-electron chi connectivity index (χ4n) is 9.78. The number of allylic oxidation sites excluding steroid dienone is 3. The minimum absolute atomic E-state index is 0.0478. The van der Waals surface area contributed by atoms with Crippen molar-refractivity contribution >= 4 is 44.4 Å². The van der Waals surface area contributed by atoms with Crippen molar-refractivity contribution in [2.75, 3.05) is 0 Å². The maximum Gasteiger partial charge on any atom is 0.129 e. The molecule has 9 rings (SSSR count). The number of rotatable bonds is 13. The van der Waals surface area contributed by atoms with E-state index in [9.17, 15) is 0 Å². The van der Waals surface area contributed by atoms with E-state index in [0.29, 0.717) is 0 Å². The Balaban J connectivity index is 1.20. The minimum Gasteiger partial charge on any atom is -0.485 e. The van der Waals surface area contributed by atoms with Crippen LogP contribution in [0.15, 0.2) is 174 Å². The maximum absolute atomic E-state index is 6.96. The predicted octanol–water partition coefficient (Wildman–Crippen LogP) is 16.3. The molecule has 1 aliphatic carbocycles. The first-order valence-corrected chi connectivity index (χ1v) is 23.0. The van der Waals surface area contributed by atoms with Gasteiger partial charge in [0.2, 0.25) is 0 Å². The van der Waals surface area contributed by atoms with Crippen LogP contribution in [-0.2, 0) is 0 Å². The fourth-order valence-corrected chi connectivity index (χ4v) is 11.0. The number of hydrogen-bond donors (Lipinski definition) is 0. The largest absolute Gasteiger partial charge is 0.485 e. The smallest absolute Gasteiger partial charge is 0.129 e. The van der Waals surface area contributed by atoms with Crippen molar-refractivity contribution in [3.8, 4) is 28.0 Å². The van der Waals surface area contributed by atoms with E-state index in [1.807, 2.05) is 11.3 Å². The van der Waals surface area contributed by atoms with Gasteiger partial charge in [0.15, 0.2) is 0 Å². The summed E-state index contributed by atoms with van der Waals surface area (Å²) in [4.78, 5) is 7.18. The van der Waals surface area contributed by atoms with Crippen LogP contribution in [0, 0.1) is 18.8 Å². The Morgan fingerprint density at radius 3 is 2.07 bits per heavy atom. The van der Waals surface area contributed by atoms with Crippen LogP contribution in [0.5, 0.6) is 5.75 Å². The summed E-state index contributed by atoms with van der Waals surface area (Å²) in [6, 6.07) is 55.2. The first-order valence-electron chi connectivity index (χ1n) is 22.2. The van der Waals surface area contributed by atoms with Gasteiger partial charge in [0.1, 0.15) is 11.9 Å². The summed E-state index contributed by atoms with van der Waals surface area (Å²) in [6.07, 6.45) is 10.7. The van der Waals surface area contributed by atoms with Gasteiger partial charge in [0.05, 0.1) is 6.04 Å². The molecule has 0 radical (unpaired) electrons. The van der Waals surface area contributed by atoms with Gasteiger partial charge in [-0.15, -0.1) is 11.3 Å². The van der Waals surface area contributed by atoms with Gasteiger partial charge in [-0.05, 0) is 113 Å². The van der Waals surface area contributed by atoms with Crippen molar-refractivity contribution < 1.29 is 4.74 Å². The van der Waals surface area contributed by atoms with Crippen LogP contribution in [0.1, 0.15) is 92.1 Å². The van der Waals surface area contributed by atoms with Crippen molar-refractivity contribution in [3.63, 3.8) is 0 Å². The molecule has 0 N–H and O–H groups in total. The van der Waals surface area contributed by atoms with E-state index in [4.69, 9.17) is 9.73 Å². The van der Waals surface area contributed by atoms with E-state index in [0.717, 1.165) is 31.4 Å². The molecular formula is C58H55NOS. The van der Waals surface area contributed by atoms with Gasteiger partial charge >= 0.3 is 0 Å². The van der Waals surface area contributed by atoms with Crippen LogP contribution >= 0.6 is 11.3 Å².